The van der Waals surface area contributed by atoms with Crippen LogP contribution < -0.4 is 16.1 Å². The largest absolute Gasteiger partial charge is 0.453 e. The summed E-state index contributed by atoms with van der Waals surface area (Å²) in [4.78, 5) is 82.1. The number of alkyl carbamates (subject to hydrolysis) is 2. The van der Waals surface area contributed by atoms with Gasteiger partial charge in [0, 0.05) is 35.3 Å². The first kappa shape index (κ1) is 42.1. The van der Waals surface area contributed by atoms with Crippen molar-refractivity contribution in [3.05, 3.63) is 88.6 Å². The molecule has 4 fully saturated rings. The smallest absolute Gasteiger partial charge is 0.407 e. The Morgan fingerprint density at radius 1 is 0.746 bits per heavy atom. The van der Waals surface area contributed by atoms with E-state index in [0.717, 1.165) is 83.8 Å². The summed E-state index contributed by atoms with van der Waals surface area (Å²) >= 11 is 0. The van der Waals surface area contributed by atoms with Crippen molar-refractivity contribution in [3.63, 3.8) is 0 Å². The molecule has 330 valence electrons. The molecule has 2 aliphatic carbocycles. The molecule has 14 nitrogen and oxygen atoms in total. The lowest BCUT2D eigenvalue weighted by molar-refractivity contribution is -0.138. The quantitative estimate of drug-likeness (QED) is 0.109. The lowest BCUT2D eigenvalue weighted by atomic mass is 9.83. The van der Waals surface area contributed by atoms with Crippen molar-refractivity contribution < 1.29 is 28.7 Å². The SMILES string of the molecule is COC(=O)N[C@H](C(=O)N1CCC[C@H]1c1ncc(-c2ccc3cc(-c4ccc5c(=O)cc([C@@H]6CC78C[C@@H]7CCC[C@@H]8N6C(=O)[C@@H](NC(=O)OC)C(C)C)[nH]c5c4)ccc3c2)[nH]1)C(C)C. The second-order valence-corrected chi connectivity index (χ2v) is 18.8. The summed E-state index contributed by atoms with van der Waals surface area (Å²) in [5.41, 5.74) is 5.14. The van der Waals surface area contributed by atoms with Crippen molar-refractivity contribution in [1.82, 2.24) is 35.4 Å². The molecular formula is C49H57N7O7. The van der Waals surface area contributed by atoms with Crippen molar-refractivity contribution in [2.24, 2.45) is 23.2 Å². The van der Waals surface area contributed by atoms with Crippen LogP contribution in [0.5, 0.6) is 0 Å². The van der Waals surface area contributed by atoms with Gasteiger partial charge in [0.15, 0.2) is 5.43 Å². The van der Waals surface area contributed by atoms with E-state index >= 15 is 0 Å². The molecule has 4 N–H and O–H groups in total. The number of carbonyl (C=O) groups excluding carboxylic acids is 4. The number of aromatic amines is 2. The molecule has 63 heavy (non-hydrogen) atoms. The first-order chi connectivity index (χ1) is 30.3. The van der Waals surface area contributed by atoms with Crippen LogP contribution in [0.1, 0.15) is 96.2 Å². The monoisotopic (exact) mass is 855 g/mol. The molecule has 1 spiro atoms. The number of aromatic nitrogens is 3. The number of likely N-dealkylation sites (tertiary alicyclic amines) is 2. The zero-order valence-electron chi connectivity index (χ0n) is 36.8. The van der Waals surface area contributed by atoms with E-state index in [2.05, 4.69) is 57.0 Å². The van der Waals surface area contributed by atoms with Crippen LogP contribution in [-0.4, -0.2) is 87.6 Å². The van der Waals surface area contributed by atoms with Crippen LogP contribution in [0.3, 0.4) is 0 Å². The van der Waals surface area contributed by atoms with Gasteiger partial charge >= 0.3 is 12.2 Å². The van der Waals surface area contributed by atoms with E-state index in [9.17, 15) is 24.0 Å². The Morgan fingerprint density at radius 3 is 2.10 bits per heavy atom. The molecule has 2 aromatic heterocycles. The van der Waals surface area contributed by atoms with Crippen LogP contribution in [0, 0.1) is 23.2 Å². The fourth-order valence-corrected chi connectivity index (χ4v) is 11.0. The Morgan fingerprint density at radius 2 is 1.40 bits per heavy atom. The number of hydrogen-bond acceptors (Lipinski definition) is 8. The average molecular weight is 856 g/mol. The highest BCUT2D eigenvalue weighted by molar-refractivity contribution is 5.93. The molecule has 7 atom stereocenters. The summed E-state index contributed by atoms with van der Waals surface area (Å²) in [5.74, 6) is 0.724. The zero-order valence-corrected chi connectivity index (χ0v) is 36.8. The predicted molar refractivity (Wildman–Crippen MR) is 239 cm³/mol. The maximum Gasteiger partial charge on any atom is 0.407 e. The summed E-state index contributed by atoms with van der Waals surface area (Å²) < 4.78 is 9.68. The van der Waals surface area contributed by atoms with E-state index in [1.165, 1.54) is 14.2 Å². The highest BCUT2D eigenvalue weighted by atomic mass is 16.5. The molecule has 9 rings (SSSR count). The number of imidazole rings is 1. The molecule has 1 unspecified atom stereocenters. The number of carbonyl (C=O) groups is 4. The van der Waals surface area contributed by atoms with Crippen LogP contribution in [0.4, 0.5) is 9.59 Å². The van der Waals surface area contributed by atoms with Crippen LogP contribution in [0.25, 0.3) is 44.1 Å². The number of H-pyrrole nitrogens is 2. The number of rotatable bonds is 10. The van der Waals surface area contributed by atoms with Gasteiger partial charge in [0.2, 0.25) is 11.8 Å². The third-order valence-corrected chi connectivity index (χ3v) is 14.4. The zero-order chi connectivity index (χ0) is 44.3. The van der Waals surface area contributed by atoms with Crippen molar-refractivity contribution >= 4 is 45.7 Å². The highest BCUT2D eigenvalue weighted by Gasteiger charge is 2.68. The van der Waals surface area contributed by atoms with Crippen LogP contribution in [0.2, 0.25) is 0 Å². The number of hydrogen-bond donors (Lipinski definition) is 4. The highest BCUT2D eigenvalue weighted by Crippen LogP contribution is 2.70. The van der Waals surface area contributed by atoms with Gasteiger partial charge in [-0.2, -0.15) is 0 Å². The number of nitrogens with zero attached hydrogens (tertiary/aromatic N) is 3. The normalized spacial score (nSPS) is 23.7. The molecular weight excluding hydrogens is 799 g/mol. The summed E-state index contributed by atoms with van der Waals surface area (Å²) in [6.07, 6.45) is 7.15. The Hall–Kier alpha value is -6.18. The van der Waals surface area contributed by atoms with E-state index in [4.69, 9.17) is 14.5 Å². The number of nitrogens with one attached hydrogen (secondary N) is 4. The van der Waals surface area contributed by atoms with Gasteiger partial charge in [0.25, 0.3) is 0 Å². The van der Waals surface area contributed by atoms with Gasteiger partial charge in [-0.25, -0.2) is 14.6 Å². The topological polar surface area (TPSA) is 179 Å². The van der Waals surface area contributed by atoms with E-state index < -0.39 is 24.3 Å². The van der Waals surface area contributed by atoms with E-state index in [0.29, 0.717) is 29.2 Å². The van der Waals surface area contributed by atoms with Gasteiger partial charge < -0.3 is 39.9 Å². The minimum Gasteiger partial charge on any atom is -0.453 e. The number of methoxy groups -OCH3 is 2. The first-order valence-corrected chi connectivity index (χ1v) is 22.4. The van der Waals surface area contributed by atoms with Gasteiger partial charge in [0.1, 0.15) is 17.9 Å². The molecule has 5 aromatic rings. The molecule has 0 radical (unpaired) electrons. The molecule has 2 saturated heterocycles. The standard InChI is InChI=1S/C49H57N7O7/c1-26(2)42(53-47(60)62-5)45(58)55-18-8-10-38(55)44-50-25-37(52-44)32-15-14-28-19-29(12-13-30(28)20-32)31-16-17-34-35(21-31)51-36(22-40(34)57)39-24-49-23-33(49)9-7-11-41(49)56(39)46(59)43(27(3)4)54-48(61)63-6/h12-17,19-22,25-27,33,38-39,41-43H,7-11,18,23-24H2,1-6H3,(H,50,52)(H,51,57)(H,53,60)(H,54,61)/t33-,38-,39-,41-,42-,43-,49?/m0/s1. The van der Waals surface area contributed by atoms with Crippen molar-refractivity contribution in [3.8, 4) is 22.4 Å². The summed E-state index contributed by atoms with van der Waals surface area (Å²) in [6, 6.07) is 18.2. The molecule has 0 bridgehead atoms. The first-order valence-electron chi connectivity index (χ1n) is 22.4. The Labute approximate surface area is 366 Å². The van der Waals surface area contributed by atoms with Crippen molar-refractivity contribution in [2.45, 2.75) is 103 Å². The molecule has 4 aliphatic rings. The molecule has 3 aromatic carbocycles. The molecule has 4 amide bonds. The number of amides is 4. The van der Waals surface area contributed by atoms with E-state index in [1.54, 1.807) is 6.07 Å². The van der Waals surface area contributed by atoms with Gasteiger partial charge in [-0.3, -0.25) is 14.4 Å². The van der Waals surface area contributed by atoms with Gasteiger partial charge in [-0.15, -0.1) is 0 Å². The second kappa shape index (κ2) is 16.5. The number of pyridine rings is 1. The summed E-state index contributed by atoms with van der Waals surface area (Å²) in [5, 5.41) is 8.18. The Bertz CT molecular complexity index is 2670. The molecule has 14 heteroatoms. The summed E-state index contributed by atoms with van der Waals surface area (Å²) in [6.45, 7) is 8.23. The molecule has 2 saturated carbocycles. The van der Waals surface area contributed by atoms with E-state index in [-0.39, 0.29) is 52.6 Å². The fourth-order valence-electron chi connectivity index (χ4n) is 11.0. The number of ether oxygens (including phenoxy) is 2. The van der Waals surface area contributed by atoms with Gasteiger partial charge in [-0.1, -0.05) is 64.4 Å². The number of fused-ring (bicyclic) bond motifs is 2. The van der Waals surface area contributed by atoms with Crippen molar-refractivity contribution in [1.29, 1.82) is 0 Å². The van der Waals surface area contributed by atoms with Crippen molar-refractivity contribution in [2.75, 3.05) is 20.8 Å². The van der Waals surface area contributed by atoms with E-state index in [1.807, 2.05) is 61.9 Å². The average Bonchev–Trinajstić information content (AvgIpc) is 3.61. The molecule has 2 aliphatic heterocycles. The minimum atomic E-state index is -0.754. The number of benzene rings is 3. The van der Waals surface area contributed by atoms with Crippen LogP contribution in [-0.2, 0) is 19.1 Å². The Balaban J connectivity index is 0.973. The van der Waals surface area contributed by atoms with Crippen LogP contribution >= 0.6 is 0 Å². The second-order valence-electron chi connectivity index (χ2n) is 18.8. The lowest BCUT2D eigenvalue weighted by Crippen LogP contribution is -2.54. The van der Waals surface area contributed by atoms with Gasteiger partial charge in [0.05, 0.1) is 43.7 Å². The Kier molecular flexibility index (Phi) is 11.0. The van der Waals surface area contributed by atoms with Gasteiger partial charge in [-0.05, 0) is 108 Å². The minimum absolute atomic E-state index is 0.0459. The third-order valence-electron chi connectivity index (χ3n) is 14.4. The fraction of sp³-hybridized carbons (Fsp3) is 0.469. The lowest BCUT2D eigenvalue weighted by Gasteiger charge is -2.37. The maximum absolute atomic E-state index is 14.5. The molecule has 4 heterocycles. The summed E-state index contributed by atoms with van der Waals surface area (Å²) in [7, 11) is 2.59. The predicted octanol–water partition coefficient (Wildman–Crippen LogP) is 8.00. The third kappa shape index (κ3) is 7.60. The van der Waals surface area contributed by atoms with Crippen LogP contribution in [0.15, 0.2) is 71.7 Å². The maximum atomic E-state index is 14.5.